The lowest BCUT2D eigenvalue weighted by Crippen LogP contribution is -2.81. The maximum absolute atomic E-state index is 15.4. The largest absolute Gasteiger partial charge is 0.248 e. The quantitative estimate of drug-likeness (QED) is 0.0490. The number of halogens is 20. The lowest BCUT2D eigenvalue weighted by atomic mass is 9.12. The summed E-state index contributed by atoms with van der Waals surface area (Å²) >= 11 is 0. The molecule has 0 saturated heterocycles. The average Bonchev–Trinajstić information content (AvgIpc) is 3.30. The highest BCUT2D eigenvalue weighted by Gasteiger charge is 2.52. The molecular weight excluding hydrogens is 923 g/mol. The van der Waals surface area contributed by atoms with Gasteiger partial charge in [0, 0.05) is 12.0 Å². The van der Waals surface area contributed by atoms with E-state index in [1.54, 1.807) is 0 Å². The summed E-state index contributed by atoms with van der Waals surface area (Å²) < 4.78 is 296. The summed E-state index contributed by atoms with van der Waals surface area (Å²) in [6.07, 6.45) is -0.329. The van der Waals surface area contributed by atoms with Gasteiger partial charge in [0.2, 0.25) is 0 Å². The van der Waals surface area contributed by atoms with E-state index in [2.05, 4.69) is 64.3 Å². The van der Waals surface area contributed by atoms with Crippen LogP contribution in [0, 0.1) is 116 Å². The summed E-state index contributed by atoms with van der Waals surface area (Å²) in [5.41, 5.74) is -10.6. The fourth-order valence-electron chi connectivity index (χ4n) is 7.15. The minimum Gasteiger partial charge on any atom is -0.248 e. The van der Waals surface area contributed by atoms with Crippen LogP contribution in [0.5, 0.6) is 0 Å². The summed E-state index contributed by atoms with van der Waals surface area (Å²) in [5.74, 6) is -71.4. The Bertz CT molecular complexity index is 2550. The van der Waals surface area contributed by atoms with Gasteiger partial charge in [0.25, 0.3) is 0 Å². The predicted molar refractivity (Wildman–Crippen MR) is 188 cm³/mol. The maximum Gasteiger partial charge on any atom is 0.200 e. The molecule has 0 N–H and O–H groups in total. The zero-order valence-corrected chi connectivity index (χ0v) is 31.5. The molecular formula is C42H17BF20N2. The lowest BCUT2D eigenvalue weighted by molar-refractivity contribution is -0.689. The Balaban J connectivity index is 0.000000289. The molecule has 1 heterocycles. The Morgan fingerprint density at radius 3 is 0.892 bits per heavy atom. The van der Waals surface area contributed by atoms with E-state index in [1.807, 2.05) is 24.5 Å². The van der Waals surface area contributed by atoms with E-state index in [0.717, 1.165) is 18.7 Å². The third kappa shape index (κ3) is 8.00. The number of aromatic nitrogens is 2. The van der Waals surface area contributed by atoms with Crippen molar-refractivity contribution in [2.45, 2.75) is 13.0 Å². The van der Waals surface area contributed by atoms with E-state index in [4.69, 9.17) is 0 Å². The van der Waals surface area contributed by atoms with Crippen molar-refractivity contribution in [1.29, 1.82) is 0 Å². The molecule has 0 aliphatic rings. The standard InChI is InChI=1S/C24BF20.C18H17N2/c26-5-1(6(27)14(35)21(42)13(5)34)25(2-7(28)15(36)22(43)16(37)8(2)29,3-9(30)17(38)23(44)18(39)10(3)31)4-11(32)19(40)24(45)20(41)12(4)33;1-3-7-16(8-4-1)13-18-15-20(12-11-19-18)14-17-9-5-2-6-10-17/h;1-12,15H,13-14H2/q-1;+1. The van der Waals surface area contributed by atoms with Crippen molar-refractivity contribution in [3.05, 3.63) is 212 Å². The summed E-state index contributed by atoms with van der Waals surface area (Å²) in [5, 5.41) is 0. The van der Waals surface area contributed by atoms with Crippen molar-refractivity contribution in [3.8, 4) is 0 Å². The highest BCUT2D eigenvalue weighted by atomic mass is 19.2. The van der Waals surface area contributed by atoms with Gasteiger partial charge in [-0.3, -0.25) is 0 Å². The molecule has 7 rings (SSSR count). The van der Waals surface area contributed by atoms with E-state index >= 15 is 35.1 Å². The molecule has 6 aromatic carbocycles. The van der Waals surface area contributed by atoms with Gasteiger partial charge in [-0.05, 0) is 5.56 Å². The van der Waals surface area contributed by atoms with Crippen LogP contribution in [0.4, 0.5) is 87.8 Å². The lowest BCUT2D eigenvalue weighted by Gasteiger charge is -2.44. The molecule has 338 valence electrons. The number of hydrogen-bond donors (Lipinski definition) is 0. The molecule has 2 nitrogen and oxygen atoms in total. The van der Waals surface area contributed by atoms with Gasteiger partial charge in [-0.1, -0.05) is 60.7 Å². The first-order valence-electron chi connectivity index (χ1n) is 17.8. The molecule has 0 spiro atoms. The second-order valence-electron chi connectivity index (χ2n) is 13.7. The van der Waals surface area contributed by atoms with Gasteiger partial charge in [0.1, 0.15) is 58.4 Å². The molecule has 0 unspecified atom stereocenters. The second kappa shape index (κ2) is 18.3. The zero-order chi connectivity index (χ0) is 48.0. The monoisotopic (exact) mass is 940 g/mol. The number of benzene rings is 6. The van der Waals surface area contributed by atoms with Crippen LogP contribution in [0.2, 0.25) is 0 Å². The summed E-state index contributed by atoms with van der Waals surface area (Å²) in [7, 11) is 0. The Kier molecular flexibility index (Phi) is 13.4. The van der Waals surface area contributed by atoms with E-state index in [-0.39, 0.29) is 0 Å². The van der Waals surface area contributed by atoms with E-state index in [0.29, 0.717) is 0 Å². The molecule has 23 heteroatoms. The Hall–Kier alpha value is -6.94. The maximum atomic E-state index is 15.4. The minimum atomic E-state index is -7.22. The van der Waals surface area contributed by atoms with Crippen molar-refractivity contribution in [2.24, 2.45) is 0 Å². The van der Waals surface area contributed by atoms with Gasteiger partial charge in [-0.2, -0.15) is 4.57 Å². The van der Waals surface area contributed by atoms with Crippen molar-refractivity contribution in [1.82, 2.24) is 4.98 Å². The van der Waals surface area contributed by atoms with Crippen LogP contribution >= 0.6 is 0 Å². The molecule has 0 saturated carbocycles. The van der Waals surface area contributed by atoms with Gasteiger partial charge in [-0.25, -0.2) is 92.8 Å². The smallest absolute Gasteiger partial charge is 0.200 e. The highest BCUT2D eigenvalue weighted by molar-refractivity contribution is 7.20. The number of rotatable bonds is 8. The van der Waals surface area contributed by atoms with Crippen LogP contribution in [-0.2, 0) is 13.0 Å². The Morgan fingerprint density at radius 1 is 0.338 bits per heavy atom. The van der Waals surface area contributed by atoms with Crippen LogP contribution in [0.3, 0.4) is 0 Å². The number of nitrogens with zero attached hydrogens (tertiary/aromatic N) is 2. The van der Waals surface area contributed by atoms with Crippen molar-refractivity contribution < 1.29 is 92.4 Å². The molecule has 0 fully saturated rings. The zero-order valence-electron chi connectivity index (χ0n) is 31.5. The van der Waals surface area contributed by atoms with Crippen LogP contribution in [-0.4, -0.2) is 11.1 Å². The normalized spacial score (nSPS) is 11.5. The third-order valence-electron chi connectivity index (χ3n) is 9.96. The molecule has 7 aromatic rings. The summed E-state index contributed by atoms with van der Waals surface area (Å²) in [4.78, 5) is 4.46. The summed E-state index contributed by atoms with van der Waals surface area (Å²) in [6, 6.07) is 20.9. The second-order valence-corrected chi connectivity index (χ2v) is 13.7. The molecule has 0 amide bonds. The molecule has 1 aromatic heterocycles. The third-order valence-corrected chi connectivity index (χ3v) is 9.96. The first-order chi connectivity index (χ1) is 30.6. The fraction of sp³-hybridized carbons (Fsp3) is 0.0476. The summed E-state index contributed by atoms with van der Waals surface area (Å²) in [6.45, 7) is 0.880. The van der Waals surface area contributed by atoms with Gasteiger partial charge in [0.05, 0.1) is 6.20 Å². The van der Waals surface area contributed by atoms with Crippen LogP contribution in [0.1, 0.15) is 16.8 Å². The van der Waals surface area contributed by atoms with Crippen LogP contribution in [0.25, 0.3) is 0 Å². The van der Waals surface area contributed by atoms with E-state index in [1.165, 1.54) is 11.1 Å². The van der Waals surface area contributed by atoms with E-state index in [9.17, 15) is 52.7 Å². The highest BCUT2D eigenvalue weighted by Crippen LogP contribution is 2.30. The molecule has 0 atom stereocenters. The SMILES string of the molecule is Fc1c(F)c(F)c([B-](c2c(F)c(F)c(F)c(F)c2F)(c2c(F)c(F)c(F)c(F)c2F)c2c(F)c(F)c(F)c(F)c2F)c(F)c1F.c1ccc(Cc2c[n+](Cc3ccccc3)ccn2)cc1. The van der Waals surface area contributed by atoms with Crippen molar-refractivity contribution in [3.63, 3.8) is 0 Å². The topological polar surface area (TPSA) is 16.8 Å². The first-order valence-corrected chi connectivity index (χ1v) is 17.8. The number of hydrogen-bond acceptors (Lipinski definition) is 1. The first kappa shape index (κ1) is 47.5. The van der Waals surface area contributed by atoms with Crippen molar-refractivity contribution >= 4 is 28.0 Å². The molecule has 0 aliphatic carbocycles. The van der Waals surface area contributed by atoms with Gasteiger partial charge >= 0.3 is 0 Å². The Labute approximate surface area is 350 Å². The fourth-order valence-corrected chi connectivity index (χ4v) is 7.15. The van der Waals surface area contributed by atoms with E-state index < -0.39 is 144 Å². The molecule has 0 bridgehead atoms. The van der Waals surface area contributed by atoms with Crippen molar-refractivity contribution in [2.75, 3.05) is 0 Å². The molecule has 0 radical (unpaired) electrons. The minimum absolute atomic E-state index is 0.871. The van der Waals surface area contributed by atoms with Crippen LogP contribution < -0.4 is 26.4 Å². The molecule has 65 heavy (non-hydrogen) atoms. The van der Waals surface area contributed by atoms with Crippen LogP contribution in [0.15, 0.2) is 79.3 Å². The van der Waals surface area contributed by atoms with Gasteiger partial charge in [-0.15, -0.1) is 21.9 Å². The Morgan fingerprint density at radius 2 is 0.600 bits per heavy atom. The predicted octanol–water partition coefficient (Wildman–Crippen LogP) is 8.85. The molecule has 0 aliphatic heterocycles. The van der Waals surface area contributed by atoms with Gasteiger partial charge in [0.15, 0.2) is 88.7 Å². The van der Waals surface area contributed by atoms with Gasteiger partial charge < -0.3 is 0 Å². The average molecular weight is 940 g/mol.